The first-order chi connectivity index (χ1) is 7.38. The van der Waals surface area contributed by atoms with E-state index in [0.717, 1.165) is 0 Å². The molecule has 0 amide bonds. The number of carboxylic acid groups (broad SMARTS) is 1. The van der Waals surface area contributed by atoms with Crippen LogP contribution in [-0.4, -0.2) is 25.2 Å². The smallest absolute Gasteiger partial charge is 0.335 e. The molecule has 0 aliphatic carbocycles. The molecule has 0 atom stereocenters. The van der Waals surface area contributed by atoms with Gasteiger partial charge >= 0.3 is 5.97 Å². The molecule has 0 bridgehead atoms. The van der Waals surface area contributed by atoms with E-state index < -0.39 is 15.8 Å². The van der Waals surface area contributed by atoms with Crippen LogP contribution < -0.4 is 0 Å². The van der Waals surface area contributed by atoms with E-state index in [2.05, 4.69) is 0 Å². The summed E-state index contributed by atoms with van der Waals surface area (Å²) in [6, 6.07) is 4.09. The summed E-state index contributed by atoms with van der Waals surface area (Å²) in [7, 11) is -3.27. The fourth-order valence-corrected chi connectivity index (χ4v) is 2.86. The van der Waals surface area contributed by atoms with Crippen LogP contribution in [0.5, 0.6) is 0 Å². The Bertz CT molecular complexity index is 503. The maximum absolute atomic E-state index is 11.7. The molecule has 0 fully saturated rings. The average molecular weight is 242 g/mol. The van der Waals surface area contributed by atoms with Crippen LogP contribution in [-0.2, 0) is 9.84 Å². The zero-order valence-electron chi connectivity index (χ0n) is 9.23. The Balaban J connectivity index is 3.21. The van der Waals surface area contributed by atoms with E-state index in [4.69, 9.17) is 5.11 Å². The number of hydrogen-bond acceptors (Lipinski definition) is 3. The molecule has 16 heavy (non-hydrogen) atoms. The van der Waals surface area contributed by atoms with Crippen LogP contribution in [0.25, 0.3) is 0 Å². The molecule has 0 radical (unpaired) electrons. The SMILES string of the molecule is CCCS(=O)(=O)c1ccc(C(=O)O)c(C)c1. The minimum Gasteiger partial charge on any atom is -0.478 e. The highest BCUT2D eigenvalue weighted by Crippen LogP contribution is 2.17. The molecule has 4 nitrogen and oxygen atoms in total. The van der Waals surface area contributed by atoms with Crippen molar-refractivity contribution in [2.75, 3.05) is 5.75 Å². The second-order valence-corrected chi connectivity index (χ2v) is 5.71. The van der Waals surface area contributed by atoms with Crippen molar-refractivity contribution >= 4 is 15.8 Å². The maximum atomic E-state index is 11.7. The summed E-state index contributed by atoms with van der Waals surface area (Å²) in [6.07, 6.45) is 0.544. The van der Waals surface area contributed by atoms with E-state index in [0.29, 0.717) is 12.0 Å². The molecule has 0 aromatic heterocycles. The molecule has 0 saturated carbocycles. The molecule has 0 heterocycles. The average Bonchev–Trinajstić information content (AvgIpc) is 2.16. The van der Waals surface area contributed by atoms with Crippen molar-refractivity contribution < 1.29 is 18.3 Å². The Morgan fingerprint density at radius 1 is 1.38 bits per heavy atom. The van der Waals surface area contributed by atoms with Gasteiger partial charge < -0.3 is 5.11 Å². The lowest BCUT2D eigenvalue weighted by atomic mass is 10.1. The van der Waals surface area contributed by atoms with E-state index in [1.54, 1.807) is 13.8 Å². The topological polar surface area (TPSA) is 71.4 Å². The van der Waals surface area contributed by atoms with Crippen LogP contribution in [0, 0.1) is 6.92 Å². The van der Waals surface area contributed by atoms with Crippen molar-refractivity contribution in [3.05, 3.63) is 29.3 Å². The monoisotopic (exact) mass is 242 g/mol. The largest absolute Gasteiger partial charge is 0.478 e. The van der Waals surface area contributed by atoms with E-state index in [-0.39, 0.29) is 16.2 Å². The number of carbonyl (C=O) groups is 1. The molecule has 0 spiro atoms. The van der Waals surface area contributed by atoms with Gasteiger partial charge in [-0.1, -0.05) is 6.92 Å². The fourth-order valence-electron chi connectivity index (χ4n) is 1.46. The summed E-state index contributed by atoms with van der Waals surface area (Å²) in [4.78, 5) is 11.0. The quantitative estimate of drug-likeness (QED) is 0.875. The summed E-state index contributed by atoms with van der Waals surface area (Å²) in [5, 5.41) is 8.81. The first-order valence-corrected chi connectivity index (χ1v) is 6.60. The third kappa shape index (κ3) is 2.61. The van der Waals surface area contributed by atoms with Crippen molar-refractivity contribution in [3.8, 4) is 0 Å². The van der Waals surface area contributed by atoms with Crippen molar-refractivity contribution in [3.63, 3.8) is 0 Å². The van der Waals surface area contributed by atoms with Gasteiger partial charge in [-0.15, -0.1) is 0 Å². The number of sulfone groups is 1. The van der Waals surface area contributed by atoms with Crippen LogP contribution >= 0.6 is 0 Å². The second kappa shape index (κ2) is 4.65. The van der Waals surface area contributed by atoms with E-state index in [1.165, 1.54) is 18.2 Å². The van der Waals surface area contributed by atoms with Crippen LogP contribution in [0.2, 0.25) is 0 Å². The summed E-state index contributed by atoms with van der Waals surface area (Å²) >= 11 is 0. The lowest BCUT2D eigenvalue weighted by molar-refractivity contribution is 0.0696. The first kappa shape index (κ1) is 12.7. The summed E-state index contributed by atoms with van der Waals surface area (Å²) in [6.45, 7) is 3.38. The van der Waals surface area contributed by atoms with Crippen molar-refractivity contribution in [1.29, 1.82) is 0 Å². The lowest BCUT2D eigenvalue weighted by Gasteiger charge is -2.06. The van der Waals surface area contributed by atoms with E-state index in [1.807, 2.05) is 0 Å². The number of aromatic carboxylic acids is 1. The predicted molar refractivity (Wildman–Crippen MR) is 60.5 cm³/mol. The van der Waals surface area contributed by atoms with Crippen LogP contribution in [0.3, 0.4) is 0 Å². The first-order valence-electron chi connectivity index (χ1n) is 4.95. The van der Waals surface area contributed by atoms with Gasteiger partial charge in [-0.05, 0) is 37.1 Å². The number of hydrogen-bond donors (Lipinski definition) is 1. The van der Waals surface area contributed by atoms with Crippen LogP contribution in [0.15, 0.2) is 23.1 Å². The number of aryl methyl sites for hydroxylation is 1. The Morgan fingerprint density at radius 3 is 2.44 bits per heavy atom. The Labute approximate surface area is 94.8 Å². The van der Waals surface area contributed by atoms with Crippen LogP contribution in [0.4, 0.5) is 0 Å². The third-order valence-corrected chi connectivity index (χ3v) is 4.18. The van der Waals surface area contributed by atoms with Crippen LogP contribution in [0.1, 0.15) is 29.3 Å². The van der Waals surface area contributed by atoms with Gasteiger partial charge in [0, 0.05) is 0 Å². The highest BCUT2D eigenvalue weighted by atomic mass is 32.2. The minimum absolute atomic E-state index is 0.0822. The normalized spacial score (nSPS) is 11.4. The van der Waals surface area contributed by atoms with Gasteiger partial charge in [-0.25, -0.2) is 13.2 Å². The standard InChI is InChI=1S/C11H14O4S/c1-3-6-16(14,15)9-4-5-10(11(12)13)8(2)7-9/h4-5,7H,3,6H2,1-2H3,(H,12,13). The minimum atomic E-state index is -3.27. The van der Waals surface area contributed by atoms with Gasteiger partial charge in [0.15, 0.2) is 9.84 Å². The van der Waals surface area contributed by atoms with Gasteiger partial charge in [-0.2, -0.15) is 0 Å². The van der Waals surface area contributed by atoms with Crippen molar-refractivity contribution in [2.24, 2.45) is 0 Å². The van der Waals surface area contributed by atoms with Gasteiger partial charge in [-0.3, -0.25) is 0 Å². The Kier molecular flexibility index (Phi) is 3.70. The van der Waals surface area contributed by atoms with Gasteiger partial charge in [0.25, 0.3) is 0 Å². The van der Waals surface area contributed by atoms with Gasteiger partial charge in [0.05, 0.1) is 16.2 Å². The van der Waals surface area contributed by atoms with Gasteiger partial charge in [0.1, 0.15) is 0 Å². The van der Waals surface area contributed by atoms with Crippen molar-refractivity contribution in [2.45, 2.75) is 25.2 Å². The number of benzene rings is 1. The molecular weight excluding hydrogens is 228 g/mol. The molecular formula is C11H14O4S. The number of rotatable bonds is 4. The molecule has 1 N–H and O–H groups in total. The molecule has 0 unspecified atom stereocenters. The zero-order chi connectivity index (χ0) is 12.3. The summed E-state index contributed by atoms with van der Waals surface area (Å²) < 4.78 is 23.4. The number of carboxylic acids is 1. The summed E-state index contributed by atoms with van der Waals surface area (Å²) in [5.74, 6) is -0.962. The van der Waals surface area contributed by atoms with E-state index >= 15 is 0 Å². The lowest BCUT2D eigenvalue weighted by Crippen LogP contribution is -2.08. The molecule has 1 aromatic rings. The second-order valence-electron chi connectivity index (χ2n) is 3.60. The Morgan fingerprint density at radius 2 is 2.00 bits per heavy atom. The summed E-state index contributed by atoms with van der Waals surface area (Å²) in [5.41, 5.74) is 0.597. The Hall–Kier alpha value is -1.36. The third-order valence-electron chi connectivity index (χ3n) is 2.26. The highest BCUT2D eigenvalue weighted by Gasteiger charge is 2.15. The molecule has 0 saturated heterocycles. The highest BCUT2D eigenvalue weighted by molar-refractivity contribution is 7.91. The molecule has 0 aliphatic heterocycles. The fraction of sp³-hybridized carbons (Fsp3) is 0.364. The van der Waals surface area contributed by atoms with Gasteiger partial charge in [0.2, 0.25) is 0 Å². The van der Waals surface area contributed by atoms with Crippen molar-refractivity contribution in [1.82, 2.24) is 0 Å². The molecule has 5 heteroatoms. The molecule has 1 aromatic carbocycles. The maximum Gasteiger partial charge on any atom is 0.335 e. The zero-order valence-corrected chi connectivity index (χ0v) is 10.0. The van der Waals surface area contributed by atoms with E-state index in [9.17, 15) is 13.2 Å². The molecule has 88 valence electrons. The molecule has 0 aliphatic rings. The predicted octanol–water partition coefficient (Wildman–Crippen LogP) is 1.88. The molecule has 1 rings (SSSR count).